The van der Waals surface area contributed by atoms with Crippen molar-refractivity contribution >= 4 is 5.97 Å². The quantitative estimate of drug-likeness (QED) is 0.800. The molecule has 2 atom stereocenters. The molecular formula is C16H23FN2O2. The number of nitrogens with zero attached hydrogens (tertiary/aromatic N) is 2. The number of carbonyl (C=O) groups excluding carboxylic acids is 1. The number of piperazine rings is 1. The zero-order valence-corrected chi connectivity index (χ0v) is 13.1. The molecule has 0 saturated carbocycles. The highest BCUT2D eigenvalue weighted by atomic mass is 19.1. The van der Waals surface area contributed by atoms with Gasteiger partial charge in [-0.1, -0.05) is 6.07 Å². The summed E-state index contributed by atoms with van der Waals surface area (Å²) in [4.78, 5) is 16.1. The van der Waals surface area contributed by atoms with Crippen LogP contribution in [0.3, 0.4) is 0 Å². The van der Waals surface area contributed by atoms with Crippen molar-refractivity contribution < 1.29 is 13.9 Å². The molecule has 1 saturated heterocycles. The molecule has 1 aromatic rings. The van der Waals surface area contributed by atoms with Crippen LogP contribution >= 0.6 is 0 Å². The summed E-state index contributed by atoms with van der Waals surface area (Å²) >= 11 is 0. The molecule has 0 radical (unpaired) electrons. The molecule has 0 N–H and O–H groups in total. The number of likely N-dealkylation sites (N-methyl/N-ethyl adjacent to an activating group) is 1. The Hall–Kier alpha value is -1.46. The predicted molar refractivity (Wildman–Crippen MR) is 79.7 cm³/mol. The maximum absolute atomic E-state index is 13.9. The third-order valence-electron chi connectivity index (χ3n) is 4.28. The van der Waals surface area contributed by atoms with Crippen LogP contribution in [-0.4, -0.2) is 55.1 Å². The van der Waals surface area contributed by atoms with Crippen LogP contribution in [0.5, 0.6) is 0 Å². The lowest BCUT2D eigenvalue weighted by Gasteiger charge is -2.42. The summed E-state index contributed by atoms with van der Waals surface area (Å²) in [5.41, 5.74) is 0.866. The van der Waals surface area contributed by atoms with Gasteiger partial charge in [-0.15, -0.1) is 0 Å². The number of carbonyl (C=O) groups is 1. The molecule has 5 heteroatoms. The molecule has 2 unspecified atom stereocenters. The van der Waals surface area contributed by atoms with Crippen molar-refractivity contribution in [3.8, 4) is 0 Å². The van der Waals surface area contributed by atoms with Crippen molar-refractivity contribution in [3.63, 3.8) is 0 Å². The fraction of sp³-hybridized carbons (Fsp3) is 0.562. The van der Waals surface area contributed by atoms with Crippen LogP contribution < -0.4 is 0 Å². The van der Waals surface area contributed by atoms with Crippen LogP contribution in [0.15, 0.2) is 18.2 Å². The van der Waals surface area contributed by atoms with Crippen molar-refractivity contribution in [2.45, 2.75) is 32.5 Å². The minimum atomic E-state index is -0.638. The van der Waals surface area contributed by atoms with Crippen LogP contribution in [0.2, 0.25) is 0 Å². The molecule has 1 aliphatic rings. The van der Waals surface area contributed by atoms with E-state index in [9.17, 15) is 9.18 Å². The second-order valence-electron chi connectivity index (χ2n) is 5.86. The van der Waals surface area contributed by atoms with E-state index in [0.717, 1.165) is 18.7 Å². The Labute approximate surface area is 125 Å². The fourth-order valence-electron chi connectivity index (χ4n) is 2.83. The molecule has 116 valence electrons. The van der Waals surface area contributed by atoms with Crippen molar-refractivity contribution in [2.24, 2.45) is 0 Å². The number of rotatable bonds is 3. The van der Waals surface area contributed by atoms with E-state index in [0.29, 0.717) is 18.6 Å². The third-order valence-corrected chi connectivity index (χ3v) is 4.28. The lowest BCUT2D eigenvalue weighted by atomic mass is 10.1. The molecule has 1 fully saturated rings. The normalized spacial score (nSPS) is 24.0. The van der Waals surface area contributed by atoms with E-state index in [2.05, 4.69) is 35.4 Å². The van der Waals surface area contributed by atoms with Crippen LogP contribution in [-0.2, 0) is 11.3 Å². The first-order valence-electron chi connectivity index (χ1n) is 7.23. The summed E-state index contributed by atoms with van der Waals surface area (Å²) in [5, 5.41) is 0. The molecule has 0 aliphatic carbocycles. The molecule has 1 heterocycles. The van der Waals surface area contributed by atoms with Gasteiger partial charge in [-0.3, -0.25) is 9.80 Å². The Kier molecular flexibility index (Phi) is 4.96. The number of halogens is 1. The van der Waals surface area contributed by atoms with Gasteiger partial charge in [0.15, 0.2) is 0 Å². The third kappa shape index (κ3) is 3.60. The first kappa shape index (κ1) is 15.9. The van der Waals surface area contributed by atoms with Gasteiger partial charge in [-0.25, -0.2) is 9.18 Å². The molecule has 4 nitrogen and oxygen atoms in total. The largest absolute Gasteiger partial charge is 0.465 e. The van der Waals surface area contributed by atoms with E-state index < -0.39 is 11.8 Å². The molecule has 1 aromatic carbocycles. The summed E-state index contributed by atoms with van der Waals surface area (Å²) in [6, 6.07) is 5.68. The average Bonchev–Trinajstić information content (AvgIpc) is 2.44. The number of benzene rings is 1. The Morgan fingerprint density at radius 1 is 1.33 bits per heavy atom. The number of hydrogen-bond acceptors (Lipinski definition) is 4. The number of methoxy groups -OCH3 is 1. The molecule has 0 spiro atoms. The van der Waals surface area contributed by atoms with Gasteiger partial charge in [-0.2, -0.15) is 0 Å². The summed E-state index contributed by atoms with van der Waals surface area (Å²) in [5.74, 6) is -1.16. The molecule has 0 aromatic heterocycles. The second kappa shape index (κ2) is 6.54. The first-order chi connectivity index (χ1) is 9.92. The van der Waals surface area contributed by atoms with Crippen LogP contribution in [0, 0.1) is 5.82 Å². The Balaban J connectivity index is 2.07. The highest BCUT2D eigenvalue weighted by molar-refractivity contribution is 5.89. The average molecular weight is 294 g/mol. The van der Waals surface area contributed by atoms with Gasteiger partial charge >= 0.3 is 5.97 Å². The van der Waals surface area contributed by atoms with E-state index in [4.69, 9.17) is 0 Å². The van der Waals surface area contributed by atoms with Crippen molar-refractivity contribution in [1.29, 1.82) is 0 Å². The summed E-state index contributed by atoms with van der Waals surface area (Å²) in [6.07, 6.45) is 0. The van der Waals surface area contributed by atoms with Gasteiger partial charge in [0.05, 0.1) is 12.7 Å². The Morgan fingerprint density at radius 2 is 1.95 bits per heavy atom. The second-order valence-corrected chi connectivity index (χ2v) is 5.86. The number of esters is 1. The number of ether oxygens (including phenoxy) is 1. The van der Waals surface area contributed by atoms with E-state index in [-0.39, 0.29) is 5.56 Å². The van der Waals surface area contributed by atoms with Crippen LogP contribution in [0.4, 0.5) is 4.39 Å². The summed E-state index contributed by atoms with van der Waals surface area (Å²) in [7, 11) is 3.39. The van der Waals surface area contributed by atoms with Gasteiger partial charge in [0.1, 0.15) is 5.82 Å². The SMILES string of the molecule is COC(=O)c1ccc(CN2CC(C)N(C)C(C)C2)cc1F. The molecular weight excluding hydrogens is 271 g/mol. The number of hydrogen-bond donors (Lipinski definition) is 0. The molecule has 1 aliphatic heterocycles. The van der Waals surface area contributed by atoms with E-state index in [1.54, 1.807) is 6.07 Å². The Morgan fingerprint density at radius 3 is 2.48 bits per heavy atom. The first-order valence-corrected chi connectivity index (χ1v) is 7.23. The lowest BCUT2D eigenvalue weighted by Crippen LogP contribution is -2.54. The van der Waals surface area contributed by atoms with Crippen LogP contribution in [0.1, 0.15) is 29.8 Å². The molecule has 0 amide bonds. The molecule has 21 heavy (non-hydrogen) atoms. The maximum atomic E-state index is 13.9. The smallest absolute Gasteiger partial charge is 0.340 e. The van der Waals surface area contributed by atoms with Gasteiger partial charge in [0, 0.05) is 31.7 Å². The van der Waals surface area contributed by atoms with Crippen molar-refractivity contribution in [2.75, 3.05) is 27.2 Å². The monoisotopic (exact) mass is 294 g/mol. The standard InChI is InChI=1S/C16H23FN2O2/c1-11-8-19(9-12(2)18(11)3)10-13-5-6-14(15(17)7-13)16(20)21-4/h5-7,11-12H,8-10H2,1-4H3. The van der Waals surface area contributed by atoms with Gasteiger partial charge in [-0.05, 0) is 38.6 Å². The van der Waals surface area contributed by atoms with Gasteiger partial charge in [0.25, 0.3) is 0 Å². The zero-order chi connectivity index (χ0) is 15.6. The van der Waals surface area contributed by atoms with Crippen molar-refractivity contribution in [1.82, 2.24) is 9.80 Å². The lowest BCUT2D eigenvalue weighted by molar-refractivity contribution is 0.0555. The predicted octanol–water partition coefficient (Wildman–Crippen LogP) is 2.14. The molecule has 0 bridgehead atoms. The van der Waals surface area contributed by atoms with Gasteiger partial charge in [0.2, 0.25) is 0 Å². The van der Waals surface area contributed by atoms with E-state index in [1.807, 2.05) is 0 Å². The topological polar surface area (TPSA) is 32.8 Å². The summed E-state index contributed by atoms with van der Waals surface area (Å²) in [6.45, 7) is 7.01. The van der Waals surface area contributed by atoms with E-state index in [1.165, 1.54) is 19.2 Å². The summed E-state index contributed by atoms with van der Waals surface area (Å²) < 4.78 is 18.5. The van der Waals surface area contributed by atoms with Crippen LogP contribution in [0.25, 0.3) is 0 Å². The van der Waals surface area contributed by atoms with Crippen molar-refractivity contribution in [3.05, 3.63) is 35.1 Å². The highest BCUT2D eigenvalue weighted by Crippen LogP contribution is 2.18. The maximum Gasteiger partial charge on any atom is 0.340 e. The zero-order valence-electron chi connectivity index (χ0n) is 13.1. The van der Waals surface area contributed by atoms with Gasteiger partial charge < -0.3 is 4.74 Å². The minimum Gasteiger partial charge on any atom is -0.465 e. The van der Waals surface area contributed by atoms with E-state index >= 15 is 0 Å². The fourth-order valence-corrected chi connectivity index (χ4v) is 2.83. The highest BCUT2D eigenvalue weighted by Gasteiger charge is 2.26. The minimum absolute atomic E-state index is 0.0126. The Bertz CT molecular complexity index is 509. The molecule has 2 rings (SSSR count).